The van der Waals surface area contributed by atoms with Crippen molar-refractivity contribution in [1.29, 1.82) is 0 Å². The van der Waals surface area contributed by atoms with E-state index in [0.717, 1.165) is 11.1 Å². The van der Waals surface area contributed by atoms with E-state index in [1.54, 1.807) is 18.1 Å². The van der Waals surface area contributed by atoms with Crippen molar-refractivity contribution in [3.63, 3.8) is 0 Å². The molecule has 0 aliphatic heterocycles. The number of aryl methyl sites for hydroxylation is 1. The molecule has 0 bridgehead atoms. The molecule has 0 radical (unpaired) electrons. The van der Waals surface area contributed by atoms with Crippen LogP contribution in [0, 0.1) is 6.92 Å². The molecule has 19 heavy (non-hydrogen) atoms. The Balaban J connectivity index is 2.67. The highest BCUT2D eigenvalue weighted by molar-refractivity contribution is 5.92. The lowest BCUT2D eigenvalue weighted by atomic mass is 10.1. The molecule has 4 nitrogen and oxygen atoms in total. The number of carbonyl (C=O) groups excluding carboxylic acids is 1. The molecule has 0 atom stereocenters. The summed E-state index contributed by atoms with van der Waals surface area (Å²) in [5, 5.41) is 8.96. The number of carbonyl (C=O) groups is 1. The minimum Gasteiger partial charge on any atom is -0.395 e. The Morgan fingerprint density at radius 1 is 1.37 bits per heavy atom. The number of nitrogens with zero attached hydrogens (tertiary/aromatic N) is 1. The van der Waals surface area contributed by atoms with Gasteiger partial charge in [0.15, 0.2) is 0 Å². The SMILES string of the molecule is COCCN(CCO)C(=O)/C=C/c1ccccc1C. The Morgan fingerprint density at radius 2 is 2.11 bits per heavy atom. The molecule has 0 fully saturated rings. The topological polar surface area (TPSA) is 49.8 Å². The van der Waals surface area contributed by atoms with Crippen molar-refractivity contribution in [2.75, 3.05) is 33.4 Å². The van der Waals surface area contributed by atoms with Crippen LogP contribution in [0.25, 0.3) is 6.08 Å². The van der Waals surface area contributed by atoms with Gasteiger partial charge in [-0.1, -0.05) is 24.3 Å². The van der Waals surface area contributed by atoms with E-state index in [1.807, 2.05) is 31.2 Å². The van der Waals surface area contributed by atoms with E-state index in [0.29, 0.717) is 19.7 Å². The second-order valence-electron chi connectivity index (χ2n) is 4.23. The maximum absolute atomic E-state index is 12.0. The van der Waals surface area contributed by atoms with Crippen LogP contribution in [-0.2, 0) is 9.53 Å². The molecular formula is C15H21NO3. The number of aliphatic hydroxyl groups excluding tert-OH is 1. The number of amides is 1. The molecule has 0 saturated heterocycles. The Bertz CT molecular complexity index is 429. The summed E-state index contributed by atoms with van der Waals surface area (Å²) in [5.41, 5.74) is 2.14. The number of methoxy groups -OCH3 is 1. The Labute approximate surface area is 114 Å². The van der Waals surface area contributed by atoms with Gasteiger partial charge < -0.3 is 14.7 Å². The average Bonchev–Trinajstić information content (AvgIpc) is 2.42. The van der Waals surface area contributed by atoms with Crippen LogP contribution in [0.5, 0.6) is 0 Å². The first kappa shape index (κ1) is 15.4. The molecule has 0 unspecified atom stereocenters. The molecule has 1 aromatic carbocycles. The predicted molar refractivity (Wildman–Crippen MR) is 75.8 cm³/mol. The van der Waals surface area contributed by atoms with E-state index in [-0.39, 0.29) is 12.5 Å². The van der Waals surface area contributed by atoms with E-state index in [1.165, 1.54) is 6.08 Å². The summed E-state index contributed by atoms with van der Waals surface area (Å²) in [5.74, 6) is -0.116. The van der Waals surface area contributed by atoms with Crippen molar-refractivity contribution in [3.8, 4) is 0 Å². The highest BCUT2D eigenvalue weighted by atomic mass is 16.5. The van der Waals surface area contributed by atoms with Crippen molar-refractivity contribution in [3.05, 3.63) is 41.5 Å². The van der Waals surface area contributed by atoms with E-state index >= 15 is 0 Å². The third-order valence-corrected chi connectivity index (χ3v) is 2.84. The van der Waals surface area contributed by atoms with Crippen molar-refractivity contribution in [2.45, 2.75) is 6.92 Å². The maximum atomic E-state index is 12.0. The zero-order chi connectivity index (χ0) is 14.1. The fourth-order valence-corrected chi connectivity index (χ4v) is 1.69. The number of benzene rings is 1. The summed E-state index contributed by atoms with van der Waals surface area (Å²) < 4.78 is 4.95. The summed E-state index contributed by atoms with van der Waals surface area (Å²) in [6.07, 6.45) is 3.34. The molecule has 1 amide bonds. The van der Waals surface area contributed by atoms with Gasteiger partial charge in [-0.05, 0) is 24.1 Å². The van der Waals surface area contributed by atoms with Crippen molar-refractivity contribution in [1.82, 2.24) is 4.90 Å². The molecule has 0 aliphatic rings. The first-order valence-corrected chi connectivity index (χ1v) is 6.31. The van der Waals surface area contributed by atoms with Crippen molar-refractivity contribution >= 4 is 12.0 Å². The fourth-order valence-electron chi connectivity index (χ4n) is 1.69. The van der Waals surface area contributed by atoms with Crippen LogP contribution in [-0.4, -0.2) is 49.3 Å². The van der Waals surface area contributed by atoms with Gasteiger partial charge in [0, 0.05) is 26.3 Å². The normalized spacial score (nSPS) is 10.9. The van der Waals surface area contributed by atoms with Crippen molar-refractivity contribution in [2.24, 2.45) is 0 Å². The molecule has 0 aromatic heterocycles. The maximum Gasteiger partial charge on any atom is 0.246 e. The lowest BCUT2D eigenvalue weighted by Gasteiger charge is -2.19. The first-order valence-electron chi connectivity index (χ1n) is 6.31. The summed E-state index contributed by atoms with van der Waals surface area (Å²) in [7, 11) is 1.59. The quantitative estimate of drug-likeness (QED) is 0.758. The average molecular weight is 263 g/mol. The Morgan fingerprint density at radius 3 is 2.74 bits per heavy atom. The van der Waals surface area contributed by atoms with Crippen LogP contribution >= 0.6 is 0 Å². The molecule has 1 N–H and O–H groups in total. The monoisotopic (exact) mass is 263 g/mol. The number of hydrogen-bond donors (Lipinski definition) is 1. The number of rotatable bonds is 7. The van der Waals surface area contributed by atoms with Crippen LogP contribution in [0.15, 0.2) is 30.3 Å². The summed E-state index contributed by atoms with van der Waals surface area (Å²) in [6, 6.07) is 7.87. The van der Waals surface area contributed by atoms with Gasteiger partial charge in [-0.2, -0.15) is 0 Å². The molecular weight excluding hydrogens is 242 g/mol. The third kappa shape index (κ3) is 5.24. The number of ether oxygens (including phenoxy) is 1. The van der Waals surface area contributed by atoms with E-state index < -0.39 is 0 Å². The fraction of sp³-hybridized carbons (Fsp3) is 0.400. The smallest absolute Gasteiger partial charge is 0.246 e. The molecule has 0 aliphatic carbocycles. The minimum atomic E-state index is -0.116. The summed E-state index contributed by atoms with van der Waals surface area (Å²) in [6.45, 7) is 3.21. The highest BCUT2D eigenvalue weighted by Crippen LogP contribution is 2.09. The number of aliphatic hydroxyl groups is 1. The van der Waals surface area contributed by atoms with Gasteiger partial charge in [0.2, 0.25) is 5.91 Å². The summed E-state index contributed by atoms with van der Waals surface area (Å²) >= 11 is 0. The second-order valence-corrected chi connectivity index (χ2v) is 4.23. The third-order valence-electron chi connectivity index (χ3n) is 2.84. The van der Waals surface area contributed by atoms with Gasteiger partial charge in [-0.25, -0.2) is 0 Å². The molecule has 0 heterocycles. The zero-order valence-electron chi connectivity index (χ0n) is 11.5. The largest absolute Gasteiger partial charge is 0.395 e. The lowest BCUT2D eigenvalue weighted by Crippen LogP contribution is -2.34. The molecule has 4 heteroatoms. The van der Waals surface area contributed by atoms with E-state index in [9.17, 15) is 4.79 Å². The lowest BCUT2D eigenvalue weighted by molar-refractivity contribution is -0.127. The second kappa shape index (κ2) is 8.45. The predicted octanol–water partition coefficient (Wildman–Crippen LogP) is 1.48. The highest BCUT2D eigenvalue weighted by Gasteiger charge is 2.09. The van der Waals surface area contributed by atoms with Gasteiger partial charge >= 0.3 is 0 Å². The molecule has 0 spiro atoms. The molecule has 1 rings (SSSR count). The molecule has 104 valence electrons. The van der Waals surface area contributed by atoms with Crippen LogP contribution in [0.3, 0.4) is 0 Å². The van der Waals surface area contributed by atoms with Gasteiger partial charge in [-0.15, -0.1) is 0 Å². The van der Waals surface area contributed by atoms with Gasteiger partial charge in [0.25, 0.3) is 0 Å². The number of hydrogen-bond acceptors (Lipinski definition) is 3. The van der Waals surface area contributed by atoms with E-state index in [4.69, 9.17) is 9.84 Å². The minimum absolute atomic E-state index is 0.0480. The van der Waals surface area contributed by atoms with Crippen LogP contribution in [0.4, 0.5) is 0 Å². The first-order chi connectivity index (χ1) is 9.19. The van der Waals surface area contributed by atoms with Crippen LogP contribution in [0.1, 0.15) is 11.1 Å². The van der Waals surface area contributed by atoms with Gasteiger partial charge in [0.1, 0.15) is 0 Å². The zero-order valence-corrected chi connectivity index (χ0v) is 11.5. The van der Waals surface area contributed by atoms with Gasteiger partial charge in [0.05, 0.1) is 13.2 Å². The van der Waals surface area contributed by atoms with Crippen molar-refractivity contribution < 1.29 is 14.6 Å². The Kier molecular flexibility index (Phi) is 6.85. The van der Waals surface area contributed by atoms with Gasteiger partial charge in [-0.3, -0.25) is 4.79 Å². The Hall–Kier alpha value is -1.65. The molecule has 1 aromatic rings. The standard InChI is InChI=1S/C15H21NO3/c1-13-5-3-4-6-14(13)7-8-15(18)16(9-11-17)10-12-19-2/h3-8,17H,9-12H2,1-2H3/b8-7+. The molecule has 0 saturated carbocycles. The van der Waals surface area contributed by atoms with Crippen LogP contribution in [0.2, 0.25) is 0 Å². The van der Waals surface area contributed by atoms with E-state index in [2.05, 4.69) is 0 Å². The summed E-state index contributed by atoms with van der Waals surface area (Å²) in [4.78, 5) is 13.6. The van der Waals surface area contributed by atoms with Crippen LogP contribution < -0.4 is 0 Å².